The zero-order valence-electron chi connectivity index (χ0n) is 16.3. The molecule has 3 aromatic carbocycles. The molecule has 0 saturated heterocycles. The molecule has 0 aliphatic carbocycles. The lowest BCUT2D eigenvalue weighted by Gasteiger charge is -2.21. The van der Waals surface area contributed by atoms with Crippen LogP contribution in [0.15, 0.2) is 54.6 Å². The van der Waals surface area contributed by atoms with Gasteiger partial charge < -0.3 is 4.74 Å². The molecule has 1 aliphatic rings. The molecule has 1 aliphatic heterocycles. The summed E-state index contributed by atoms with van der Waals surface area (Å²) in [6.45, 7) is 6.74. The summed E-state index contributed by atoms with van der Waals surface area (Å²) in [7, 11) is 2.16. The van der Waals surface area contributed by atoms with E-state index in [4.69, 9.17) is 4.74 Å². The fourth-order valence-corrected chi connectivity index (χ4v) is 4.49. The number of pyridine rings is 1. The average molecular weight is 354 g/mol. The Morgan fingerprint density at radius 3 is 2.59 bits per heavy atom. The van der Waals surface area contributed by atoms with E-state index in [1.807, 2.05) is 0 Å². The fourth-order valence-electron chi connectivity index (χ4n) is 4.49. The number of aromatic nitrogens is 1. The SMILES string of the molecule is Cc1ccc2cccc3c2c1-c1c(cc2c(CC(C)C)cccc2[n+]1C)O3. The number of hydrogen-bond donors (Lipinski definition) is 0. The number of benzene rings is 3. The first-order chi connectivity index (χ1) is 13.0. The highest BCUT2D eigenvalue weighted by molar-refractivity contribution is 6.04. The Labute approximate surface area is 160 Å². The molecule has 0 atom stereocenters. The number of hydrogen-bond acceptors (Lipinski definition) is 1. The number of ether oxygens (including phenoxy) is 1. The molecule has 2 heterocycles. The highest BCUT2D eigenvalue weighted by atomic mass is 16.5. The summed E-state index contributed by atoms with van der Waals surface area (Å²) in [5.41, 5.74) is 6.39. The maximum absolute atomic E-state index is 6.43. The van der Waals surface area contributed by atoms with Gasteiger partial charge in [0.2, 0.25) is 5.52 Å². The third-order valence-electron chi connectivity index (χ3n) is 5.68. The van der Waals surface area contributed by atoms with Gasteiger partial charge in [0, 0.05) is 17.5 Å². The second-order valence-electron chi connectivity index (χ2n) is 8.08. The third-order valence-corrected chi connectivity index (χ3v) is 5.68. The normalized spacial score (nSPS) is 12.5. The van der Waals surface area contributed by atoms with Crippen LogP contribution in [0.3, 0.4) is 0 Å². The lowest BCUT2D eigenvalue weighted by atomic mass is 9.92. The molecule has 27 heavy (non-hydrogen) atoms. The number of nitrogens with zero attached hydrogens (tertiary/aromatic N) is 1. The zero-order valence-corrected chi connectivity index (χ0v) is 16.3. The van der Waals surface area contributed by atoms with Gasteiger partial charge >= 0.3 is 0 Å². The van der Waals surface area contributed by atoms with E-state index in [0.717, 1.165) is 17.9 Å². The van der Waals surface area contributed by atoms with Crippen molar-refractivity contribution in [3.8, 4) is 22.8 Å². The minimum absolute atomic E-state index is 0.620. The highest BCUT2D eigenvalue weighted by Gasteiger charge is 2.31. The summed E-state index contributed by atoms with van der Waals surface area (Å²) in [6, 6.07) is 19.6. The van der Waals surface area contributed by atoms with Crippen LogP contribution < -0.4 is 9.30 Å². The Hall–Kier alpha value is -2.87. The first-order valence-electron chi connectivity index (χ1n) is 9.70. The van der Waals surface area contributed by atoms with Gasteiger partial charge in [-0.2, -0.15) is 4.57 Å². The van der Waals surface area contributed by atoms with Crippen LogP contribution >= 0.6 is 0 Å². The van der Waals surface area contributed by atoms with Gasteiger partial charge in [-0.05, 0) is 41.8 Å². The monoisotopic (exact) mass is 354 g/mol. The molecule has 4 aromatic rings. The van der Waals surface area contributed by atoms with Crippen LogP contribution in [0.2, 0.25) is 0 Å². The van der Waals surface area contributed by atoms with Crippen molar-refractivity contribution in [1.82, 2.24) is 0 Å². The van der Waals surface area contributed by atoms with E-state index >= 15 is 0 Å². The summed E-state index contributed by atoms with van der Waals surface area (Å²) >= 11 is 0. The summed E-state index contributed by atoms with van der Waals surface area (Å²) in [5, 5.41) is 3.74. The van der Waals surface area contributed by atoms with E-state index in [9.17, 15) is 0 Å². The number of rotatable bonds is 2. The second kappa shape index (κ2) is 5.82. The Balaban J connectivity index is 1.89. The summed E-state index contributed by atoms with van der Waals surface area (Å²) in [5.74, 6) is 2.53. The van der Waals surface area contributed by atoms with Crippen LogP contribution in [0.1, 0.15) is 25.0 Å². The second-order valence-corrected chi connectivity index (χ2v) is 8.08. The van der Waals surface area contributed by atoms with Crippen molar-refractivity contribution in [2.75, 3.05) is 0 Å². The van der Waals surface area contributed by atoms with Crippen LogP contribution in [0.4, 0.5) is 0 Å². The molecule has 0 unspecified atom stereocenters. The average Bonchev–Trinajstić information content (AvgIpc) is 2.64. The van der Waals surface area contributed by atoms with Gasteiger partial charge in [0.05, 0.1) is 10.9 Å². The molecule has 134 valence electrons. The maximum Gasteiger partial charge on any atom is 0.256 e. The summed E-state index contributed by atoms with van der Waals surface area (Å²) in [4.78, 5) is 0. The van der Waals surface area contributed by atoms with Gasteiger partial charge in [-0.15, -0.1) is 0 Å². The van der Waals surface area contributed by atoms with Crippen LogP contribution in [0, 0.1) is 12.8 Å². The molecule has 0 fully saturated rings. The first-order valence-corrected chi connectivity index (χ1v) is 9.70. The van der Waals surface area contributed by atoms with E-state index in [2.05, 4.69) is 87.0 Å². The molecule has 0 spiro atoms. The predicted octanol–water partition coefficient (Wildman–Crippen LogP) is 6.10. The molecule has 1 aromatic heterocycles. The van der Waals surface area contributed by atoms with Gasteiger partial charge in [0.25, 0.3) is 5.69 Å². The number of aryl methyl sites for hydroxylation is 2. The van der Waals surface area contributed by atoms with Crippen molar-refractivity contribution in [2.45, 2.75) is 27.2 Å². The summed E-state index contributed by atoms with van der Waals surface area (Å²) in [6.07, 6.45) is 1.07. The van der Waals surface area contributed by atoms with Gasteiger partial charge in [0.15, 0.2) is 5.75 Å². The zero-order chi connectivity index (χ0) is 18.7. The van der Waals surface area contributed by atoms with Crippen molar-refractivity contribution in [3.05, 3.63) is 65.7 Å². The lowest BCUT2D eigenvalue weighted by molar-refractivity contribution is -0.633. The van der Waals surface area contributed by atoms with Crippen LogP contribution in [-0.2, 0) is 13.5 Å². The smallest absolute Gasteiger partial charge is 0.256 e. The molecule has 2 heteroatoms. The molecule has 0 radical (unpaired) electrons. The first kappa shape index (κ1) is 16.3. The molecule has 0 N–H and O–H groups in total. The quantitative estimate of drug-likeness (QED) is 0.349. The van der Waals surface area contributed by atoms with Crippen LogP contribution in [0.25, 0.3) is 32.9 Å². The van der Waals surface area contributed by atoms with Crippen molar-refractivity contribution >= 4 is 21.7 Å². The Morgan fingerprint density at radius 1 is 0.963 bits per heavy atom. The minimum Gasteiger partial charge on any atom is -0.450 e. The molecule has 0 amide bonds. The van der Waals surface area contributed by atoms with E-state index in [0.29, 0.717) is 5.92 Å². The van der Waals surface area contributed by atoms with Gasteiger partial charge in [-0.25, -0.2) is 0 Å². The Bertz CT molecular complexity index is 1220. The molecular formula is C25H24NO+. The standard InChI is InChI=1S/C25H24NO/c1-15(2)13-18-8-5-9-20-19(18)14-22-25(26(20)4)23-16(3)11-12-17-7-6-10-21(27-22)24(17)23/h5-12,14-15H,13H2,1-4H3/q+1. The lowest BCUT2D eigenvalue weighted by Crippen LogP contribution is -2.33. The van der Waals surface area contributed by atoms with E-state index in [-0.39, 0.29) is 0 Å². The Kier molecular flexibility index (Phi) is 3.51. The van der Waals surface area contributed by atoms with Gasteiger partial charge in [-0.3, -0.25) is 0 Å². The topological polar surface area (TPSA) is 13.1 Å². The minimum atomic E-state index is 0.620. The number of fused-ring (bicyclic) bond motifs is 3. The summed E-state index contributed by atoms with van der Waals surface area (Å²) < 4.78 is 8.74. The van der Waals surface area contributed by atoms with Crippen molar-refractivity contribution in [1.29, 1.82) is 0 Å². The third kappa shape index (κ3) is 2.36. The predicted molar refractivity (Wildman–Crippen MR) is 111 cm³/mol. The van der Waals surface area contributed by atoms with E-state index in [1.165, 1.54) is 44.1 Å². The largest absolute Gasteiger partial charge is 0.450 e. The van der Waals surface area contributed by atoms with Crippen LogP contribution in [0.5, 0.6) is 11.5 Å². The van der Waals surface area contributed by atoms with Crippen LogP contribution in [-0.4, -0.2) is 0 Å². The van der Waals surface area contributed by atoms with Crippen molar-refractivity contribution < 1.29 is 9.30 Å². The van der Waals surface area contributed by atoms with Gasteiger partial charge in [-0.1, -0.05) is 50.2 Å². The Morgan fingerprint density at radius 2 is 1.78 bits per heavy atom. The molecular weight excluding hydrogens is 330 g/mol. The molecule has 0 saturated carbocycles. The fraction of sp³-hybridized carbons (Fsp3) is 0.240. The molecule has 2 nitrogen and oxygen atoms in total. The molecule has 5 rings (SSSR count). The van der Waals surface area contributed by atoms with E-state index < -0.39 is 0 Å². The highest BCUT2D eigenvalue weighted by Crippen LogP contribution is 2.47. The maximum atomic E-state index is 6.43. The van der Waals surface area contributed by atoms with Gasteiger partial charge in [0.1, 0.15) is 12.8 Å². The molecule has 0 bridgehead atoms. The van der Waals surface area contributed by atoms with Crippen molar-refractivity contribution in [2.24, 2.45) is 13.0 Å². The van der Waals surface area contributed by atoms with E-state index in [1.54, 1.807) is 0 Å². The van der Waals surface area contributed by atoms with Crippen molar-refractivity contribution in [3.63, 3.8) is 0 Å².